The number of hydrogen-bond donors (Lipinski definition) is 1. The largest absolute Gasteiger partial charge is 0.350 e. The van der Waals surface area contributed by atoms with Gasteiger partial charge < -0.3 is 9.88 Å². The highest BCUT2D eigenvalue weighted by atomic mass is 32.1. The predicted molar refractivity (Wildman–Crippen MR) is 108 cm³/mol. The number of nitrogens with zero attached hydrogens (tertiary/aromatic N) is 2. The third kappa shape index (κ3) is 3.64. The Kier molecular flexibility index (Phi) is 4.69. The van der Waals surface area contributed by atoms with Gasteiger partial charge in [-0.15, -0.1) is 11.3 Å². The van der Waals surface area contributed by atoms with Crippen molar-refractivity contribution in [2.24, 2.45) is 29.8 Å². The molecule has 1 aromatic heterocycles. The van der Waals surface area contributed by atoms with Crippen molar-refractivity contribution in [3.63, 3.8) is 0 Å². The minimum atomic E-state index is 0.121. The number of hydrogen-bond acceptors (Lipinski definition) is 3. The second-order valence-electron chi connectivity index (χ2n) is 9.91. The molecule has 4 bridgehead atoms. The molecule has 1 N–H and O–H groups in total. The molecule has 1 heterocycles. The van der Waals surface area contributed by atoms with E-state index in [0.29, 0.717) is 12.5 Å². The summed E-state index contributed by atoms with van der Waals surface area (Å²) in [5.74, 6) is 2.83. The van der Waals surface area contributed by atoms with Crippen LogP contribution < -0.4 is 10.1 Å². The SMILES string of the molecule is Cn1c(CC(=O)NC23CC4CC(CC(C4)C2)C3)csc1=NC1CCCCC1. The number of thiazole rings is 1. The number of amides is 1. The standard InChI is InChI=1S/C22H33N3OS/c1-25-19(14-27-21(25)23-18-5-3-2-4-6-18)10-20(26)24-22-11-15-7-16(12-22)9-17(8-15)13-22/h14-18H,2-13H2,1H3,(H,24,26). The summed E-state index contributed by atoms with van der Waals surface area (Å²) in [7, 11) is 2.07. The molecule has 0 aliphatic heterocycles. The third-order valence-corrected chi connectivity index (χ3v) is 8.65. The third-order valence-electron chi connectivity index (χ3n) is 7.67. The van der Waals surface area contributed by atoms with Crippen LogP contribution in [0.15, 0.2) is 10.4 Å². The summed E-state index contributed by atoms with van der Waals surface area (Å²) in [4.78, 5) is 19.0. The highest BCUT2D eigenvalue weighted by Crippen LogP contribution is 2.55. The van der Waals surface area contributed by atoms with Crippen LogP contribution in [0.3, 0.4) is 0 Å². The van der Waals surface area contributed by atoms with Crippen molar-refractivity contribution in [1.29, 1.82) is 0 Å². The molecule has 1 amide bonds. The maximum Gasteiger partial charge on any atom is 0.226 e. The maximum atomic E-state index is 12.9. The minimum Gasteiger partial charge on any atom is -0.350 e. The Balaban J connectivity index is 1.26. The van der Waals surface area contributed by atoms with Crippen LogP contribution in [0.4, 0.5) is 0 Å². The lowest BCUT2D eigenvalue weighted by Gasteiger charge is -2.56. The second-order valence-corrected chi connectivity index (χ2v) is 10.7. The molecule has 5 aliphatic rings. The Morgan fingerprint density at radius 3 is 2.41 bits per heavy atom. The average molecular weight is 388 g/mol. The molecule has 5 saturated carbocycles. The molecule has 5 heteroatoms. The molecule has 0 atom stereocenters. The normalized spacial score (nSPS) is 36.3. The van der Waals surface area contributed by atoms with E-state index in [4.69, 9.17) is 4.99 Å². The van der Waals surface area contributed by atoms with E-state index < -0.39 is 0 Å². The lowest BCUT2D eigenvalue weighted by atomic mass is 9.53. The van der Waals surface area contributed by atoms with Crippen molar-refractivity contribution in [2.75, 3.05) is 0 Å². The quantitative estimate of drug-likeness (QED) is 0.835. The number of rotatable bonds is 4. The maximum absolute atomic E-state index is 12.9. The Hall–Kier alpha value is -1.10. The van der Waals surface area contributed by atoms with Gasteiger partial charge in [-0.2, -0.15) is 0 Å². The molecule has 5 aliphatic carbocycles. The van der Waals surface area contributed by atoms with Gasteiger partial charge in [-0.05, 0) is 69.1 Å². The van der Waals surface area contributed by atoms with E-state index in [1.807, 2.05) is 0 Å². The molecular weight excluding hydrogens is 354 g/mol. The first kappa shape index (κ1) is 18.0. The van der Waals surface area contributed by atoms with Gasteiger partial charge in [-0.3, -0.25) is 9.79 Å². The van der Waals surface area contributed by atoms with Crippen molar-refractivity contribution in [1.82, 2.24) is 9.88 Å². The molecule has 5 fully saturated rings. The smallest absolute Gasteiger partial charge is 0.226 e. The van der Waals surface area contributed by atoms with Gasteiger partial charge in [0.05, 0.1) is 12.5 Å². The molecule has 6 rings (SSSR count). The van der Waals surface area contributed by atoms with Crippen molar-refractivity contribution in [3.05, 3.63) is 15.9 Å². The zero-order valence-electron chi connectivity index (χ0n) is 16.6. The zero-order chi connectivity index (χ0) is 18.4. The number of carbonyl (C=O) groups is 1. The molecular formula is C22H33N3OS. The molecule has 1 aromatic rings. The van der Waals surface area contributed by atoms with Crippen molar-refractivity contribution < 1.29 is 4.79 Å². The first-order valence-electron chi connectivity index (χ1n) is 11.1. The first-order chi connectivity index (χ1) is 13.1. The molecule has 0 spiro atoms. The minimum absolute atomic E-state index is 0.121. The fourth-order valence-corrected chi connectivity index (χ4v) is 7.78. The van der Waals surface area contributed by atoms with E-state index in [1.165, 1.54) is 70.6 Å². The summed E-state index contributed by atoms with van der Waals surface area (Å²) in [6.45, 7) is 0. The van der Waals surface area contributed by atoms with E-state index in [-0.39, 0.29) is 11.4 Å². The van der Waals surface area contributed by atoms with Crippen LogP contribution in [0.25, 0.3) is 0 Å². The molecule has 0 radical (unpaired) electrons. The van der Waals surface area contributed by atoms with Crippen molar-refractivity contribution >= 4 is 17.2 Å². The van der Waals surface area contributed by atoms with Gasteiger partial charge in [0.1, 0.15) is 0 Å². The average Bonchev–Trinajstić information content (AvgIpc) is 2.94. The van der Waals surface area contributed by atoms with Gasteiger partial charge in [-0.1, -0.05) is 19.3 Å². The van der Waals surface area contributed by atoms with Crippen LogP contribution in [0.1, 0.15) is 76.3 Å². The fraction of sp³-hybridized carbons (Fsp3) is 0.818. The highest BCUT2D eigenvalue weighted by Gasteiger charge is 2.51. The summed E-state index contributed by atoms with van der Waals surface area (Å²) in [6.07, 6.45) is 14.8. The van der Waals surface area contributed by atoms with Crippen molar-refractivity contribution in [2.45, 2.75) is 88.6 Å². The summed E-state index contributed by atoms with van der Waals surface area (Å²) in [6, 6.07) is 0.484. The molecule has 4 nitrogen and oxygen atoms in total. The van der Waals surface area contributed by atoms with Crippen LogP contribution >= 0.6 is 11.3 Å². The van der Waals surface area contributed by atoms with E-state index in [0.717, 1.165) is 28.2 Å². The number of nitrogens with one attached hydrogen (secondary N) is 1. The van der Waals surface area contributed by atoms with Crippen LogP contribution in [0.5, 0.6) is 0 Å². The summed E-state index contributed by atoms with van der Waals surface area (Å²) < 4.78 is 2.15. The fourth-order valence-electron chi connectivity index (χ4n) is 6.81. The Labute approximate surface area is 166 Å². The monoisotopic (exact) mass is 387 g/mol. The molecule has 0 saturated heterocycles. The van der Waals surface area contributed by atoms with E-state index >= 15 is 0 Å². The molecule has 27 heavy (non-hydrogen) atoms. The van der Waals surface area contributed by atoms with E-state index in [9.17, 15) is 4.79 Å². The number of aromatic nitrogens is 1. The van der Waals surface area contributed by atoms with E-state index in [2.05, 4.69) is 22.3 Å². The van der Waals surface area contributed by atoms with Gasteiger partial charge >= 0.3 is 0 Å². The van der Waals surface area contributed by atoms with Crippen molar-refractivity contribution in [3.8, 4) is 0 Å². The van der Waals surface area contributed by atoms with Gasteiger partial charge in [0.15, 0.2) is 4.80 Å². The van der Waals surface area contributed by atoms with Crippen LogP contribution in [-0.4, -0.2) is 22.1 Å². The lowest BCUT2D eigenvalue weighted by molar-refractivity contribution is -0.126. The zero-order valence-corrected chi connectivity index (χ0v) is 17.4. The summed E-state index contributed by atoms with van der Waals surface area (Å²) >= 11 is 1.70. The summed E-state index contributed by atoms with van der Waals surface area (Å²) in [5.41, 5.74) is 1.23. The first-order valence-corrected chi connectivity index (χ1v) is 11.9. The Morgan fingerprint density at radius 1 is 1.15 bits per heavy atom. The Bertz CT molecular complexity index is 735. The second kappa shape index (κ2) is 7.06. The predicted octanol–water partition coefficient (Wildman–Crippen LogP) is 3.95. The molecule has 148 valence electrons. The molecule has 0 unspecified atom stereocenters. The van der Waals surface area contributed by atoms with Crippen LogP contribution in [0.2, 0.25) is 0 Å². The number of carbonyl (C=O) groups excluding carboxylic acids is 1. The van der Waals surface area contributed by atoms with Crippen LogP contribution in [-0.2, 0) is 18.3 Å². The van der Waals surface area contributed by atoms with E-state index in [1.54, 1.807) is 11.3 Å². The van der Waals surface area contributed by atoms with Gasteiger partial charge in [0.2, 0.25) is 5.91 Å². The van der Waals surface area contributed by atoms with Gasteiger partial charge in [0.25, 0.3) is 0 Å². The molecule has 0 aromatic carbocycles. The van der Waals surface area contributed by atoms with Gasteiger partial charge in [-0.25, -0.2) is 0 Å². The lowest BCUT2D eigenvalue weighted by Crippen LogP contribution is -2.60. The van der Waals surface area contributed by atoms with Gasteiger partial charge in [0, 0.05) is 23.7 Å². The topological polar surface area (TPSA) is 46.4 Å². The highest BCUT2D eigenvalue weighted by molar-refractivity contribution is 7.07. The van der Waals surface area contributed by atoms with Crippen LogP contribution in [0, 0.1) is 17.8 Å². The Morgan fingerprint density at radius 2 is 1.78 bits per heavy atom. The summed E-state index contributed by atoms with van der Waals surface area (Å²) in [5, 5.41) is 5.65.